The van der Waals surface area contributed by atoms with E-state index in [9.17, 15) is 0 Å². The van der Waals surface area contributed by atoms with Gasteiger partial charge in [0.1, 0.15) is 0 Å². The molecule has 102 heavy (non-hydrogen) atoms. The number of benzene rings is 15. The maximum Gasteiger partial charge on any atom is 0.0590 e. The zero-order valence-corrected chi connectivity index (χ0v) is 62.2. The number of hydrogen-bond acceptors (Lipinski definition) is 3. The van der Waals surface area contributed by atoms with Gasteiger partial charge in [-0.25, -0.2) is 0 Å². The second kappa shape index (κ2) is 33.4. The SMILES string of the molecule is CCc1cccc(Cc2ccc(N(P(c3ccccc3)c3ccccc3)P(c3ccccc3)c3ccccc3)c(-c3ccccc3N(P(c3ccccc3)c3ccccc3)P(c3ccccc3)c3ccccc3)c2)c1N(P(c1ccccc1)c1ccccc1)P(c1ccccc1)c1ccccc1. The van der Waals surface area contributed by atoms with Gasteiger partial charge in [-0.3, -0.25) is 0 Å². The monoisotopic (exact) mass is 1420 g/mol. The Labute approximate surface area is 610 Å². The van der Waals surface area contributed by atoms with Crippen molar-refractivity contribution in [2.45, 2.75) is 19.8 Å². The first kappa shape index (κ1) is 68.1. The van der Waals surface area contributed by atoms with Crippen LogP contribution in [0.1, 0.15) is 23.6 Å². The molecule has 0 saturated heterocycles. The Morgan fingerprint density at radius 2 is 0.422 bits per heavy atom. The van der Waals surface area contributed by atoms with Crippen LogP contribution in [0.25, 0.3) is 11.1 Å². The minimum absolute atomic E-state index is 0.665. The first-order valence-electron chi connectivity index (χ1n) is 34.8. The highest BCUT2D eigenvalue weighted by Gasteiger charge is 2.39. The van der Waals surface area contributed by atoms with Gasteiger partial charge in [-0.1, -0.05) is 413 Å². The average Bonchev–Trinajstić information content (AvgIpc) is 0.750. The fraction of sp³-hybridized carbons (Fsp3) is 0.0323. The van der Waals surface area contributed by atoms with E-state index in [2.05, 4.69) is 445 Å². The molecule has 0 heterocycles. The van der Waals surface area contributed by atoms with Gasteiger partial charge in [0.15, 0.2) is 0 Å². The van der Waals surface area contributed by atoms with E-state index in [1.165, 1.54) is 109 Å². The molecule has 0 spiro atoms. The van der Waals surface area contributed by atoms with Crippen LogP contribution in [-0.2, 0) is 12.8 Å². The van der Waals surface area contributed by atoms with E-state index in [0.717, 1.165) is 6.42 Å². The normalized spacial score (nSPS) is 11.4. The highest BCUT2D eigenvalue weighted by atomic mass is 31.2. The Hall–Kier alpha value is -9.72. The lowest BCUT2D eigenvalue weighted by Crippen LogP contribution is -2.33. The van der Waals surface area contributed by atoms with Crippen molar-refractivity contribution in [3.8, 4) is 11.1 Å². The van der Waals surface area contributed by atoms with Crippen molar-refractivity contribution < 1.29 is 0 Å². The molecule has 0 aliphatic rings. The predicted molar refractivity (Wildman–Crippen MR) is 452 cm³/mol. The van der Waals surface area contributed by atoms with Crippen molar-refractivity contribution in [1.29, 1.82) is 0 Å². The Balaban J connectivity index is 1.05. The number of aryl methyl sites for hydroxylation is 1. The van der Waals surface area contributed by atoms with E-state index in [1.807, 2.05) is 0 Å². The summed E-state index contributed by atoms with van der Waals surface area (Å²) in [5.74, 6) is 0. The molecule has 15 aromatic rings. The van der Waals surface area contributed by atoms with E-state index < -0.39 is 48.4 Å². The summed E-state index contributed by atoms with van der Waals surface area (Å²) in [7, 11) is -7.55. The van der Waals surface area contributed by atoms with Crippen molar-refractivity contribution in [2.75, 3.05) is 13.3 Å². The van der Waals surface area contributed by atoms with Gasteiger partial charge in [0.2, 0.25) is 0 Å². The number of para-hydroxylation sites is 2. The predicted octanol–water partition coefficient (Wildman–Crippen LogP) is 20.2. The maximum atomic E-state index is 2.92. The van der Waals surface area contributed by atoms with Gasteiger partial charge in [-0.15, -0.1) is 0 Å². The van der Waals surface area contributed by atoms with Crippen LogP contribution in [0.2, 0.25) is 0 Å². The number of anilines is 3. The summed E-state index contributed by atoms with van der Waals surface area (Å²) in [6, 6.07) is 160. The van der Waals surface area contributed by atoms with Crippen LogP contribution in [0, 0.1) is 0 Å². The molecule has 0 aromatic heterocycles. The van der Waals surface area contributed by atoms with Crippen LogP contribution in [-0.4, -0.2) is 0 Å². The van der Waals surface area contributed by atoms with Gasteiger partial charge in [0.05, 0.1) is 65.5 Å². The molecule has 0 N–H and O–H groups in total. The van der Waals surface area contributed by atoms with E-state index in [0.29, 0.717) is 6.42 Å². The second-order valence-electron chi connectivity index (χ2n) is 24.6. The van der Waals surface area contributed by atoms with Crippen LogP contribution in [0.5, 0.6) is 0 Å². The van der Waals surface area contributed by atoms with Crippen LogP contribution >= 0.6 is 48.4 Å². The Kier molecular flexibility index (Phi) is 22.3. The topological polar surface area (TPSA) is 9.72 Å². The summed E-state index contributed by atoms with van der Waals surface area (Å²) in [5, 5.41) is 15.5. The number of nitrogens with zero attached hydrogens (tertiary/aromatic N) is 3. The summed E-state index contributed by atoms with van der Waals surface area (Å²) in [6.07, 6.45) is 1.52. The van der Waals surface area contributed by atoms with Gasteiger partial charge < -0.3 is 13.3 Å². The smallest absolute Gasteiger partial charge is 0.0590 e. The van der Waals surface area contributed by atoms with Crippen molar-refractivity contribution in [3.05, 3.63) is 441 Å². The lowest BCUT2D eigenvalue weighted by Gasteiger charge is -2.43. The summed E-state index contributed by atoms with van der Waals surface area (Å²) >= 11 is 0. The molecule has 0 unspecified atom stereocenters. The zero-order chi connectivity index (χ0) is 68.7. The molecule has 9 heteroatoms. The first-order chi connectivity index (χ1) is 50.7. The molecule has 0 aliphatic carbocycles. The zero-order valence-electron chi connectivity index (χ0n) is 56.9. The fourth-order valence-electron chi connectivity index (χ4n) is 13.4. The van der Waals surface area contributed by atoms with Gasteiger partial charge in [0.25, 0.3) is 0 Å². The third kappa shape index (κ3) is 15.1. The summed E-state index contributed by atoms with van der Waals surface area (Å²) in [5.41, 5.74) is 9.84. The Bertz CT molecular complexity index is 4600. The number of hydrogen-bond donors (Lipinski definition) is 0. The van der Waals surface area contributed by atoms with Crippen molar-refractivity contribution in [2.24, 2.45) is 0 Å². The lowest BCUT2D eigenvalue weighted by atomic mass is 9.95. The molecule has 15 rings (SSSR count). The molecular weight excluding hydrogens is 1340 g/mol. The van der Waals surface area contributed by atoms with Crippen LogP contribution in [0.4, 0.5) is 17.1 Å². The quantitative estimate of drug-likeness (QED) is 0.0528. The molecule has 15 aromatic carbocycles. The van der Waals surface area contributed by atoms with E-state index in [1.54, 1.807) is 0 Å². The molecule has 0 atom stereocenters. The minimum atomic E-state index is -1.31. The van der Waals surface area contributed by atoms with Crippen LogP contribution in [0.3, 0.4) is 0 Å². The summed E-state index contributed by atoms with van der Waals surface area (Å²) in [4.78, 5) is 0. The van der Waals surface area contributed by atoms with E-state index in [-0.39, 0.29) is 0 Å². The van der Waals surface area contributed by atoms with Crippen LogP contribution < -0.4 is 77.0 Å². The third-order valence-corrected chi connectivity index (χ3v) is 34.2. The minimum Gasteiger partial charge on any atom is -0.312 e. The molecule has 494 valence electrons. The molecule has 0 saturated carbocycles. The largest absolute Gasteiger partial charge is 0.312 e. The average molecular weight is 1420 g/mol. The van der Waals surface area contributed by atoms with E-state index in [4.69, 9.17) is 0 Å². The van der Waals surface area contributed by atoms with Crippen molar-refractivity contribution >= 4 is 129 Å². The number of rotatable bonds is 25. The van der Waals surface area contributed by atoms with Gasteiger partial charge in [-0.05, 0) is 47.7 Å². The van der Waals surface area contributed by atoms with Gasteiger partial charge in [-0.2, -0.15) is 0 Å². The molecule has 0 amide bonds. The third-order valence-electron chi connectivity index (χ3n) is 18.0. The molecule has 0 fully saturated rings. The molecule has 3 nitrogen and oxygen atoms in total. The molecule has 0 aliphatic heterocycles. The van der Waals surface area contributed by atoms with Gasteiger partial charge in [0, 0.05) is 74.8 Å². The van der Waals surface area contributed by atoms with Gasteiger partial charge >= 0.3 is 0 Å². The second-order valence-corrected chi connectivity index (χ2v) is 37.9. The maximum absolute atomic E-state index is 2.92. The standard InChI is InChI=1S/C93H77N3P6/c1-2-75-42-41-43-76(93(75)96(101(85-60-31-11-32-61-85)86-62-33-12-34-63-86)102(87-64-35-13-36-65-87)88-66-37-14-38-67-88)72-74-70-71-92(95(99(81-52-23-7-24-53-81)82-54-25-8-26-55-82)100(83-56-27-9-28-57-83)84-58-29-10-30-59-84)90(73-74)89-68-39-40-69-91(89)94(97(77-44-15-3-16-45-77)78-46-17-4-18-47-78)98(79-48-19-5-20-49-79)80-50-21-6-22-51-80/h3-71,73H,2,72H2,1H3. The Morgan fingerprint density at radius 3 is 0.686 bits per heavy atom. The Morgan fingerprint density at radius 1 is 0.196 bits per heavy atom. The summed E-state index contributed by atoms with van der Waals surface area (Å²) < 4.78 is 8.71. The first-order valence-corrected chi connectivity index (χ1v) is 42.6. The van der Waals surface area contributed by atoms with Crippen LogP contribution in [0.15, 0.2) is 425 Å². The van der Waals surface area contributed by atoms with Crippen molar-refractivity contribution in [3.63, 3.8) is 0 Å². The molecule has 0 radical (unpaired) electrons. The highest BCUT2D eigenvalue weighted by molar-refractivity contribution is 7.92. The van der Waals surface area contributed by atoms with Crippen molar-refractivity contribution in [1.82, 2.24) is 0 Å². The fourth-order valence-corrected chi connectivity index (χ4v) is 31.7. The summed E-state index contributed by atoms with van der Waals surface area (Å²) in [6.45, 7) is 2.35. The molecule has 0 bridgehead atoms. The molecular formula is C93H77N3P6. The lowest BCUT2D eigenvalue weighted by molar-refractivity contribution is 1.10. The van der Waals surface area contributed by atoms with E-state index >= 15 is 0 Å². The highest BCUT2D eigenvalue weighted by Crippen LogP contribution is 2.64.